The van der Waals surface area contributed by atoms with Crippen LogP contribution in [-0.4, -0.2) is 26.4 Å². The molecule has 0 aliphatic rings. The van der Waals surface area contributed by atoms with E-state index in [9.17, 15) is 4.39 Å². The first-order valence-electron chi connectivity index (χ1n) is 7.06. The zero-order chi connectivity index (χ0) is 16.5. The number of nitrogens with one attached hydrogen (secondary N) is 2. The molecule has 0 atom stereocenters. The Labute approximate surface area is 140 Å². The summed E-state index contributed by atoms with van der Waals surface area (Å²) in [6.45, 7) is 0. The Bertz CT molecular complexity index is 1050. The highest BCUT2D eigenvalue weighted by atomic mass is 35.5. The molecule has 0 aliphatic carbocycles. The van der Waals surface area contributed by atoms with Gasteiger partial charge in [-0.2, -0.15) is 10.1 Å². The lowest BCUT2D eigenvalue weighted by Gasteiger charge is -2.00. The van der Waals surface area contributed by atoms with Crippen molar-refractivity contribution >= 4 is 45.8 Å². The quantitative estimate of drug-likeness (QED) is 0.440. The molecule has 4 aromatic rings. The summed E-state index contributed by atoms with van der Waals surface area (Å²) in [4.78, 5) is 7.47. The average molecular weight is 341 g/mol. The second-order valence-electron chi connectivity index (χ2n) is 5.01. The van der Waals surface area contributed by atoms with Gasteiger partial charge >= 0.3 is 0 Å². The smallest absolute Gasteiger partial charge is 0.265 e. The van der Waals surface area contributed by atoms with Gasteiger partial charge in [-0.3, -0.25) is 0 Å². The highest BCUT2D eigenvalue weighted by Crippen LogP contribution is 2.22. The highest BCUT2D eigenvalue weighted by molar-refractivity contribution is 6.33. The summed E-state index contributed by atoms with van der Waals surface area (Å²) in [5.41, 5.74) is 5.00. The van der Waals surface area contributed by atoms with Crippen LogP contribution in [0.3, 0.4) is 0 Å². The molecular formula is C16H10ClFN6. The maximum Gasteiger partial charge on any atom is 0.265 e. The molecule has 118 valence electrons. The first-order chi connectivity index (χ1) is 11.7. The summed E-state index contributed by atoms with van der Waals surface area (Å²) < 4.78 is 13.7. The molecule has 2 aromatic carbocycles. The molecule has 24 heavy (non-hydrogen) atoms. The zero-order valence-corrected chi connectivity index (χ0v) is 12.9. The van der Waals surface area contributed by atoms with E-state index in [0.717, 1.165) is 10.9 Å². The van der Waals surface area contributed by atoms with Gasteiger partial charge in [0.1, 0.15) is 11.3 Å². The second kappa shape index (κ2) is 5.86. The number of aromatic amines is 1. The molecule has 0 bridgehead atoms. The lowest BCUT2D eigenvalue weighted by Crippen LogP contribution is -2.00. The van der Waals surface area contributed by atoms with Crippen molar-refractivity contribution in [3.8, 4) is 0 Å². The number of nitrogens with zero attached hydrogens (tertiary/aromatic N) is 4. The molecule has 0 amide bonds. The number of benzene rings is 2. The molecule has 2 N–H and O–H groups in total. The molecule has 0 unspecified atom stereocenters. The van der Waals surface area contributed by atoms with E-state index >= 15 is 0 Å². The number of H-pyrrole nitrogens is 1. The Morgan fingerprint density at radius 2 is 2.00 bits per heavy atom. The standard InChI is InChI=1S/C16H10ClFN6/c17-11-5-3-6-12(18)10(11)8-19-23-16-21-15-14(22-24-16)9-4-1-2-7-13(9)20-15/h1-8H,(H2,20,21,23,24)/b19-8-. The second-order valence-corrected chi connectivity index (χ2v) is 5.42. The van der Waals surface area contributed by atoms with E-state index in [2.05, 4.69) is 30.7 Å². The van der Waals surface area contributed by atoms with Crippen molar-refractivity contribution in [2.24, 2.45) is 5.10 Å². The molecule has 6 nitrogen and oxygen atoms in total. The van der Waals surface area contributed by atoms with Crippen molar-refractivity contribution in [2.75, 3.05) is 5.43 Å². The lowest BCUT2D eigenvalue weighted by molar-refractivity contribution is 0.626. The minimum Gasteiger partial charge on any atom is -0.338 e. The Hall–Kier alpha value is -3.06. The van der Waals surface area contributed by atoms with Gasteiger partial charge in [-0.05, 0) is 18.2 Å². The summed E-state index contributed by atoms with van der Waals surface area (Å²) in [6, 6.07) is 12.1. The van der Waals surface area contributed by atoms with Gasteiger partial charge in [0.05, 0.1) is 11.2 Å². The van der Waals surface area contributed by atoms with Gasteiger partial charge in [-0.1, -0.05) is 35.9 Å². The first-order valence-corrected chi connectivity index (χ1v) is 7.44. The maximum atomic E-state index is 13.7. The SMILES string of the molecule is Fc1cccc(Cl)c1/C=N\Nc1nnc2c(n1)[nH]c1ccccc12. The lowest BCUT2D eigenvalue weighted by atomic mass is 10.2. The summed E-state index contributed by atoms with van der Waals surface area (Å²) in [7, 11) is 0. The van der Waals surface area contributed by atoms with Crippen molar-refractivity contribution < 1.29 is 4.39 Å². The first kappa shape index (κ1) is 14.5. The van der Waals surface area contributed by atoms with Crippen molar-refractivity contribution in [1.29, 1.82) is 0 Å². The van der Waals surface area contributed by atoms with E-state index in [0.29, 0.717) is 11.2 Å². The normalized spacial score (nSPS) is 11.6. The molecule has 0 saturated heterocycles. The molecule has 0 fully saturated rings. The summed E-state index contributed by atoms with van der Waals surface area (Å²) in [5.74, 6) is -0.268. The minimum absolute atomic E-state index is 0.186. The van der Waals surface area contributed by atoms with Crippen LogP contribution in [0.25, 0.3) is 22.1 Å². The molecule has 0 spiro atoms. The van der Waals surface area contributed by atoms with E-state index in [1.165, 1.54) is 18.3 Å². The maximum absolute atomic E-state index is 13.7. The van der Waals surface area contributed by atoms with Crippen LogP contribution in [0.5, 0.6) is 0 Å². The molecule has 0 aliphatic heterocycles. The van der Waals surface area contributed by atoms with Crippen molar-refractivity contribution in [1.82, 2.24) is 20.2 Å². The Balaban J connectivity index is 1.63. The molecule has 2 heterocycles. The number of para-hydroxylation sites is 1. The number of fused-ring (bicyclic) bond motifs is 3. The summed E-state index contributed by atoms with van der Waals surface area (Å²) >= 11 is 5.93. The van der Waals surface area contributed by atoms with Crippen LogP contribution in [0.4, 0.5) is 10.3 Å². The largest absolute Gasteiger partial charge is 0.338 e. The highest BCUT2D eigenvalue weighted by Gasteiger charge is 2.08. The monoisotopic (exact) mass is 340 g/mol. The molecule has 2 aromatic heterocycles. The van der Waals surface area contributed by atoms with Crippen LogP contribution in [-0.2, 0) is 0 Å². The number of anilines is 1. The van der Waals surface area contributed by atoms with Gasteiger partial charge in [-0.25, -0.2) is 9.82 Å². The third kappa shape index (κ3) is 2.55. The van der Waals surface area contributed by atoms with Crippen molar-refractivity contribution in [3.63, 3.8) is 0 Å². The topological polar surface area (TPSA) is 78.8 Å². The van der Waals surface area contributed by atoms with E-state index < -0.39 is 5.82 Å². The van der Waals surface area contributed by atoms with Gasteiger partial charge in [0.25, 0.3) is 5.95 Å². The number of hydrazone groups is 1. The number of rotatable bonds is 3. The number of hydrogen-bond donors (Lipinski definition) is 2. The van der Waals surface area contributed by atoms with Crippen molar-refractivity contribution in [2.45, 2.75) is 0 Å². The van der Waals surface area contributed by atoms with Gasteiger partial charge in [-0.15, -0.1) is 10.2 Å². The third-order valence-corrected chi connectivity index (χ3v) is 3.81. The number of halogens is 2. The van der Waals surface area contributed by atoms with E-state index in [-0.39, 0.29) is 16.5 Å². The fourth-order valence-electron chi connectivity index (χ4n) is 2.36. The molecule has 0 saturated carbocycles. The summed E-state index contributed by atoms with van der Waals surface area (Å²) in [6.07, 6.45) is 1.27. The fraction of sp³-hybridized carbons (Fsp3) is 0. The predicted molar refractivity (Wildman–Crippen MR) is 91.8 cm³/mol. The minimum atomic E-state index is -0.460. The van der Waals surface area contributed by atoms with Crippen LogP contribution in [0, 0.1) is 5.82 Å². The van der Waals surface area contributed by atoms with E-state index in [1.807, 2.05) is 24.3 Å². The van der Waals surface area contributed by atoms with Crippen LogP contribution >= 0.6 is 11.6 Å². The Morgan fingerprint density at radius 3 is 2.88 bits per heavy atom. The number of hydrogen-bond acceptors (Lipinski definition) is 5. The summed E-state index contributed by atoms with van der Waals surface area (Å²) in [5, 5.41) is 13.3. The molecule has 8 heteroatoms. The zero-order valence-electron chi connectivity index (χ0n) is 12.2. The predicted octanol–water partition coefficient (Wildman–Crippen LogP) is 3.74. The van der Waals surface area contributed by atoms with Gasteiger partial charge in [0.15, 0.2) is 5.65 Å². The van der Waals surface area contributed by atoms with Crippen molar-refractivity contribution in [3.05, 3.63) is 58.9 Å². The Morgan fingerprint density at radius 1 is 1.12 bits per heavy atom. The fourth-order valence-corrected chi connectivity index (χ4v) is 2.57. The van der Waals surface area contributed by atoms with Crippen LogP contribution in [0.1, 0.15) is 5.56 Å². The van der Waals surface area contributed by atoms with Gasteiger partial charge in [0.2, 0.25) is 0 Å². The molecule has 4 rings (SSSR count). The van der Waals surface area contributed by atoms with E-state index in [1.54, 1.807) is 6.07 Å². The van der Waals surface area contributed by atoms with Gasteiger partial charge < -0.3 is 4.98 Å². The van der Waals surface area contributed by atoms with Crippen LogP contribution in [0.2, 0.25) is 5.02 Å². The average Bonchev–Trinajstić information content (AvgIpc) is 2.95. The Kier molecular flexibility index (Phi) is 3.55. The van der Waals surface area contributed by atoms with Crippen LogP contribution in [0.15, 0.2) is 47.6 Å². The molecule has 0 radical (unpaired) electrons. The van der Waals surface area contributed by atoms with E-state index in [4.69, 9.17) is 11.6 Å². The van der Waals surface area contributed by atoms with Crippen LogP contribution < -0.4 is 5.43 Å². The molecular weight excluding hydrogens is 331 g/mol. The third-order valence-electron chi connectivity index (χ3n) is 3.48. The number of aromatic nitrogens is 4. The van der Waals surface area contributed by atoms with Gasteiger partial charge in [0, 0.05) is 16.5 Å².